The molecule has 0 aliphatic carbocycles. The second kappa shape index (κ2) is 6.04. The van der Waals surface area contributed by atoms with Crippen LogP contribution in [0.5, 0.6) is 0 Å². The van der Waals surface area contributed by atoms with Crippen LogP contribution < -0.4 is 0 Å². The van der Waals surface area contributed by atoms with Crippen molar-refractivity contribution in [2.45, 2.75) is 70.8 Å². The van der Waals surface area contributed by atoms with Gasteiger partial charge in [0.2, 0.25) is 0 Å². The molecule has 0 saturated carbocycles. The first-order valence-corrected chi connectivity index (χ1v) is 7.32. The van der Waals surface area contributed by atoms with Gasteiger partial charge < -0.3 is 19.7 Å². The molecule has 2 N–H and O–H groups in total. The van der Waals surface area contributed by atoms with Crippen LogP contribution in [0.1, 0.15) is 48.0 Å². The minimum Gasteiger partial charge on any atom is -0.458 e. The monoisotopic (exact) mass is 317 g/mol. The number of esters is 1. The number of nitrogens with zero attached hydrogens (tertiary/aromatic N) is 1. The number of hydrogen-bond donors (Lipinski definition) is 2. The highest BCUT2D eigenvalue weighted by molar-refractivity contribution is 5.83. The third-order valence-corrected chi connectivity index (χ3v) is 3.02. The Morgan fingerprint density at radius 1 is 1.14 bits per heavy atom. The summed E-state index contributed by atoms with van der Waals surface area (Å²) in [6, 6.07) is -0.980. The predicted molar refractivity (Wildman–Crippen MR) is 79.2 cm³/mol. The molecule has 0 radical (unpaired) electrons. The molecule has 2 atom stereocenters. The van der Waals surface area contributed by atoms with Crippen LogP contribution in [0.15, 0.2) is 0 Å². The maximum absolute atomic E-state index is 12.3. The van der Waals surface area contributed by atoms with Crippen molar-refractivity contribution in [2.75, 3.05) is 13.2 Å². The van der Waals surface area contributed by atoms with Gasteiger partial charge in [-0.1, -0.05) is 0 Å². The molecule has 1 amide bonds. The van der Waals surface area contributed by atoms with Crippen molar-refractivity contribution in [1.82, 2.24) is 4.90 Å². The molecule has 0 unspecified atom stereocenters. The number of aliphatic hydroxyl groups excluding tert-OH is 1. The lowest BCUT2D eigenvalue weighted by Gasteiger charge is -2.29. The second-order valence-corrected chi connectivity index (χ2v) is 7.74. The van der Waals surface area contributed by atoms with Crippen LogP contribution in [0.2, 0.25) is 0 Å². The Kier molecular flexibility index (Phi) is 5.14. The quantitative estimate of drug-likeness (QED) is 0.739. The zero-order valence-corrected chi connectivity index (χ0v) is 14.2. The normalized spacial score (nSPS) is 26.0. The van der Waals surface area contributed by atoms with Crippen molar-refractivity contribution in [2.24, 2.45) is 0 Å². The summed E-state index contributed by atoms with van der Waals surface area (Å²) in [4.78, 5) is 25.6. The molecule has 0 aromatic carbocycles. The SMILES string of the molecule is CC(C)(C)OC(=O)[C@@H]1C[C@](O)(CO)CN1C(=O)OC(C)(C)C. The number of carbonyl (C=O) groups excluding carboxylic acids is 2. The molecule has 0 aromatic heterocycles. The van der Waals surface area contributed by atoms with E-state index < -0.39 is 41.5 Å². The van der Waals surface area contributed by atoms with Crippen LogP contribution in [0, 0.1) is 0 Å². The Hall–Kier alpha value is -1.34. The van der Waals surface area contributed by atoms with Crippen LogP contribution >= 0.6 is 0 Å². The molecule has 1 aliphatic heterocycles. The Morgan fingerprint density at radius 3 is 2.05 bits per heavy atom. The van der Waals surface area contributed by atoms with Gasteiger partial charge in [-0.3, -0.25) is 4.90 Å². The molecule has 1 rings (SSSR count). The lowest BCUT2D eigenvalue weighted by atomic mass is 10.0. The van der Waals surface area contributed by atoms with E-state index in [1.807, 2.05) is 0 Å². The molecule has 1 fully saturated rings. The first kappa shape index (κ1) is 18.7. The summed E-state index contributed by atoms with van der Waals surface area (Å²) >= 11 is 0. The lowest BCUT2D eigenvalue weighted by Crippen LogP contribution is -2.46. The zero-order chi connectivity index (χ0) is 17.3. The number of carbonyl (C=O) groups is 2. The summed E-state index contributed by atoms with van der Waals surface area (Å²) < 4.78 is 10.5. The van der Waals surface area contributed by atoms with Gasteiger partial charge in [-0.15, -0.1) is 0 Å². The average molecular weight is 317 g/mol. The van der Waals surface area contributed by atoms with Gasteiger partial charge in [0.15, 0.2) is 0 Å². The standard InChI is InChI=1S/C15H27NO6/c1-13(2,3)21-11(18)10-7-15(20,9-17)8-16(10)12(19)22-14(4,5)6/h10,17,20H,7-9H2,1-6H3/t10-,15+/m0/s1. The van der Waals surface area contributed by atoms with E-state index in [0.29, 0.717) is 0 Å². The Bertz CT molecular complexity index is 398. The zero-order valence-electron chi connectivity index (χ0n) is 14.2. The van der Waals surface area contributed by atoms with Gasteiger partial charge in [0.05, 0.1) is 13.2 Å². The molecule has 0 spiro atoms. The number of rotatable bonds is 2. The van der Waals surface area contributed by atoms with Crippen molar-refractivity contribution in [3.05, 3.63) is 0 Å². The Morgan fingerprint density at radius 2 is 1.64 bits per heavy atom. The van der Waals surface area contributed by atoms with E-state index in [9.17, 15) is 19.8 Å². The topological polar surface area (TPSA) is 96.3 Å². The average Bonchev–Trinajstić information content (AvgIpc) is 2.64. The first-order valence-electron chi connectivity index (χ1n) is 7.32. The van der Waals surface area contributed by atoms with Gasteiger partial charge in [0.1, 0.15) is 22.8 Å². The molecular formula is C15H27NO6. The van der Waals surface area contributed by atoms with E-state index in [1.54, 1.807) is 41.5 Å². The number of hydrogen-bond acceptors (Lipinski definition) is 6. The fourth-order valence-corrected chi connectivity index (χ4v) is 2.17. The first-order chi connectivity index (χ1) is 9.76. The third-order valence-electron chi connectivity index (χ3n) is 3.02. The minimum atomic E-state index is -1.53. The van der Waals surface area contributed by atoms with Crippen molar-refractivity contribution >= 4 is 12.1 Å². The summed E-state index contributed by atoms with van der Waals surface area (Å²) in [7, 11) is 0. The van der Waals surface area contributed by atoms with Gasteiger partial charge >= 0.3 is 12.1 Å². The Balaban J connectivity index is 2.95. The summed E-state index contributed by atoms with van der Waals surface area (Å²) in [6.07, 6.45) is -0.801. The van der Waals surface area contributed by atoms with E-state index >= 15 is 0 Å². The number of ether oxygens (including phenoxy) is 2. The molecule has 22 heavy (non-hydrogen) atoms. The highest BCUT2D eigenvalue weighted by atomic mass is 16.6. The molecule has 7 heteroatoms. The highest BCUT2D eigenvalue weighted by Gasteiger charge is 2.50. The smallest absolute Gasteiger partial charge is 0.411 e. The highest BCUT2D eigenvalue weighted by Crippen LogP contribution is 2.30. The van der Waals surface area contributed by atoms with Crippen LogP contribution in [0.25, 0.3) is 0 Å². The number of likely N-dealkylation sites (tertiary alicyclic amines) is 1. The van der Waals surface area contributed by atoms with Gasteiger partial charge in [-0.2, -0.15) is 0 Å². The molecule has 1 aliphatic rings. The van der Waals surface area contributed by atoms with Gasteiger partial charge in [0.25, 0.3) is 0 Å². The van der Waals surface area contributed by atoms with E-state index in [2.05, 4.69) is 0 Å². The van der Waals surface area contributed by atoms with E-state index in [0.717, 1.165) is 4.90 Å². The van der Waals surface area contributed by atoms with Crippen molar-refractivity contribution in [3.8, 4) is 0 Å². The number of aliphatic hydroxyl groups is 2. The van der Waals surface area contributed by atoms with Crippen LogP contribution in [-0.4, -0.2) is 63.2 Å². The number of β-amino-alcohol motifs (C(OH)–C–C–N with tert-alkyl or cyclic N) is 1. The molecule has 0 bridgehead atoms. The molecule has 1 saturated heterocycles. The fraction of sp³-hybridized carbons (Fsp3) is 0.867. The summed E-state index contributed by atoms with van der Waals surface area (Å²) in [5.74, 6) is -0.622. The molecule has 128 valence electrons. The predicted octanol–water partition coefficient (Wildman–Crippen LogP) is 1.06. The van der Waals surface area contributed by atoms with Gasteiger partial charge in [0, 0.05) is 6.42 Å². The van der Waals surface area contributed by atoms with Crippen molar-refractivity contribution in [3.63, 3.8) is 0 Å². The molecule has 1 heterocycles. The Labute approximate surface area is 131 Å². The molecule has 0 aromatic rings. The minimum absolute atomic E-state index is 0.0857. The fourth-order valence-electron chi connectivity index (χ4n) is 2.17. The van der Waals surface area contributed by atoms with Crippen LogP contribution in [-0.2, 0) is 14.3 Å². The molecule has 7 nitrogen and oxygen atoms in total. The maximum atomic E-state index is 12.3. The van der Waals surface area contributed by atoms with Gasteiger partial charge in [-0.05, 0) is 41.5 Å². The number of amides is 1. The van der Waals surface area contributed by atoms with Crippen LogP contribution in [0.4, 0.5) is 4.79 Å². The van der Waals surface area contributed by atoms with E-state index in [4.69, 9.17) is 9.47 Å². The second-order valence-electron chi connectivity index (χ2n) is 7.74. The third kappa shape index (κ3) is 5.14. The summed E-state index contributed by atoms with van der Waals surface area (Å²) in [6.45, 7) is 9.56. The van der Waals surface area contributed by atoms with Crippen molar-refractivity contribution < 1.29 is 29.3 Å². The maximum Gasteiger partial charge on any atom is 0.411 e. The summed E-state index contributed by atoms with van der Waals surface area (Å²) in [5, 5.41) is 19.5. The van der Waals surface area contributed by atoms with E-state index in [-0.39, 0.29) is 13.0 Å². The lowest BCUT2D eigenvalue weighted by molar-refractivity contribution is -0.160. The van der Waals surface area contributed by atoms with Gasteiger partial charge in [-0.25, -0.2) is 9.59 Å². The largest absolute Gasteiger partial charge is 0.458 e. The van der Waals surface area contributed by atoms with E-state index in [1.165, 1.54) is 0 Å². The van der Waals surface area contributed by atoms with Crippen LogP contribution in [0.3, 0.4) is 0 Å². The molecular weight excluding hydrogens is 290 g/mol. The summed E-state index contributed by atoms with van der Waals surface area (Å²) in [5.41, 5.74) is -2.97. The van der Waals surface area contributed by atoms with Crippen molar-refractivity contribution in [1.29, 1.82) is 0 Å².